The molecule has 1 aliphatic carbocycles. The van der Waals surface area contributed by atoms with Crippen LogP contribution in [0.25, 0.3) is 0 Å². The standard InChI is InChI=1S/C17H23N3O3S.ClH/c1-11(21)20-7-6-12-2-4-14(8-17(12)20)24(22,23)19-9-13-3-5-16(18)15(13)10-19;/h2,4,8,13,15-16H,3,5-7,9-10,18H2,1H3;1H. The summed E-state index contributed by atoms with van der Waals surface area (Å²) >= 11 is 0. The van der Waals surface area contributed by atoms with E-state index >= 15 is 0 Å². The third-order valence-corrected chi connectivity index (χ3v) is 7.68. The van der Waals surface area contributed by atoms with Crippen LogP contribution in [0.5, 0.6) is 0 Å². The van der Waals surface area contributed by atoms with Gasteiger partial charge in [0.2, 0.25) is 15.9 Å². The SMILES string of the molecule is CC(=O)N1CCc2ccc(S(=O)(=O)N3CC4CCC(N)C4C3)cc21.Cl. The van der Waals surface area contributed by atoms with Gasteiger partial charge in [-0.1, -0.05) is 6.07 Å². The van der Waals surface area contributed by atoms with Crippen LogP contribution in [0.1, 0.15) is 25.3 Å². The van der Waals surface area contributed by atoms with E-state index in [9.17, 15) is 13.2 Å². The molecular formula is C17H24ClN3O3S. The second kappa shape index (κ2) is 6.54. The summed E-state index contributed by atoms with van der Waals surface area (Å²) in [7, 11) is -3.54. The van der Waals surface area contributed by atoms with Gasteiger partial charge in [-0.15, -0.1) is 12.4 Å². The van der Waals surface area contributed by atoms with Crippen LogP contribution < -0.4 is 10.6 Å². The molecule has 0 bridgehead atoms. The minimum Gasteiger partial charge on any atom is -0.327 e. The van der Waals surface area contributed by atoms with Gasteiger partial charge in [0.25, 0.3) is 0 Å². The molecular weight excluding hydrogens is 362 g/mol. The minimum atomic E-state index is -3.54. The molecule has 3 aliphatic rings. The molecule has 2 fully saturated rings. The summed E-state index contributed by atoms with van der Waals surface area (Å²) in [6.07, 6.45) is 2.79. The number of carbonyl (C=O) groups is 1. The Balaban J connectivity index is 0.00000182. The van der Waals surface area contributed by atoms with Gasteiger partial charge < -0.3 is 10.6 Å². The Bertz CT molecular complexity index is 798. The van der Waals surface area contributed by atoms with Crippen LogP contribution in [-0.2, 0) is 21.2 Å². The Morgan fingerprint density at radius 2 is 2.00 bits per heavy atom. The predicted molar refractivity (Wildman–Crippen MR) is 98.4 cm³/mol. The van der Waals surface area contributed by atoms with E-state index in [4.69, 9.17) is 5.73 Å². The van der Waals surface area contributed by atoms with Crippen LogP contribution in [0.3, 0.4) is 0 Å². The first-order valence-electron chi connectivity index (χ1n) is 8.54. The van der Waals surface area contributed by atoms with Gasteiger partial charge >= 0.3 is 0 Å². The smallest absolute Gasteiger partial charge is 0.243 e. The Morgan fingerprint density at radius 1 is 1.24 bits per heavy atom. The molecule has 1 aromatic carbocycles. The highest BCUT2D eigenvalue weighted by atomic mass is 35.5. The second-order valence-corrected chi connectivity index (χ2v) is 9.14. The molecule has 25 heavy (non-hydrogen) atoms. The number of nitrogens with zero attached hydrogens (tertiary/aromatic N) is 2. The van der Waals surface area contributed by atoms with Crippen LogP contribution in [0.15, 0.2) is 23.1 Å². The fourth-order valence-corrected chi connectivity index (χ4v) is 6.01. The quantitative estimate of drug-likeness (QED) is 0.833. The molecule has 2 aliphatic heterocycles. The highest BCUT2D eigenvalue weighted by molar-refractivity contribution is 7.89. The maximum absolute atomic E-state index is 13.0. The lowest BCUT2D eigenvalue weighted by Gasteiger charge is -2.20. The van der Waals surface area contributed by atoms with Crippen molar-refractivity contribution in [3.63, 3.8) is 0 Å². The zero-order chi connectivity index (χ0) is 17.1. The van der Waals surface area contributed by atoms with Gasteiger partial charge in [0.05, 0.1) is 4.90 Å². The lowest BCUT2D eigenvalue weighted by atomic mass is 9.98. The van der Waals surface area contributed by atoms with Crippen LogP contribution in [0, 0.1) is 11.8 Å². The van der Waals surface area contributed by atoms with E-state index in [0.717, 1.165) is 30.5 Å². The summed E-state index contributed by atoms with van der Waals surface area (Å²) in [6, 6.07) is 5.29. The largest absolute Gasteiger partial charge is 0.327 e. The van der Waals surface area contributed by atoms with Crippen LogP contribution in [0.2, 0.25) is 0 Å². The Kier molecular flexibility index (Phi) is 4.87. The normalized spacial score (nSPS) is 28.6. The number of rotatable bonds is 2. The molecule has 138 valence electrons. The average Bonchev–Trinajstić information content (AvgIpc) is 3.22. The van der Waals surface area contributed by atoms with E-state index in [1.54, 1.807) is 21.3 Å². The molecule has 1 amide bonds. The molecule has 3 atom stereocenters. The summed E-state index contributed by atoms with van der Waals surface area (Å²) in [4.78, 5) is 13.7. The van der Waals surface area contributed by atoms with Crippen molar-refractivity contribution in [1.82, 2.24) is 4.31 Å². The van der Waals surface area contributed by atoms with Crippen LogP contribution in [-0.4, -0.2) is 44.3 Å². The van der Waals surface area contributed by atoms with Crippen LogP contribution in [0.4, 0.5) is 5.69 Å². The van der Waals surface area contributed by atoms with E-state index in [1.165, 1.54) is 6.92 Å². The van der Waals surface area contributed by atoms with Crippen molar-refractivity contribution in [2.75, 3.05) is 24.5 Å². The van der Waals surface area contributed by atoms with Crippen molar-refractivity contribution in [3.05, 3.63) is 23.8 Å². The number of sulfonamides is 1. The number of hydrogen-bond donors (Lipinski definition) is 1. The van der Waals surface area contributed by atoms with E-state index in [2.05, 4.69) is 0 Å². The third kappa shape index (κ3) is 2.97. The number of benzene rings is 1. The summed E-state index contributed by atoms with van der Waals surface area (Å²) < 4.78 is 27.6. The van der Waals surface area contributed by atoms with Gasteiger partial charge in [0.15, 0.2) is 0 Å². The molecule has 4 rings (SSSR count). The molecule has 1 saturated heterocycles. The number of halogens is 1. The number of anilines is 1. The van der Waals surface area contributed by atoms with Crippen molar-refractivity contribution in [1.29, 1.82) is 0 Å². The molecule has 1 saturated carbocycles. The number of nitrogens with two attached hydrogens (primary N) is 1. The van der Waals surface area contributed by atoms with E-state index in [0.29, 0.717) is 25.6 Å². The monoisotopic (exact) mass is 385 g/mol. The van der Waals surface area contributed by atoms with Gasteiger partial charge in [-0.2, -0.15) is 4.31 Å². The molecule has 0 aromatic heterocycles. The first-order chi connectivity index (χ1) is 11.4. The molecule has 3 unspecified atom stereocenters. The first-order valence-corrected chi connectivity index (χ1v) is 9.98. The lowest BCUT2D eigenvalue weighted by Crippen LogP contribution is -2.33. The highest BCUT2D eigenvalue weighted by Crippen LogP contribution is 2.40. The van der Waals surface area contributed by atoms with Gasteiger partial charge in [0, 0.05) is 38.3 Å². The number of hydrogen-bond acceptors (Lipinski definition) is 4. The zero-order valence-electron chi connectivity index (χ0n) is 14.2. The molecule has 0 spiro atoms. The summed E-state index contributed by atoms with van der Waals surface area (Å²) in [5.41, 5.74) is 7.89. The highest BCUT2D eigenvalue weighted by Gasteiger charge is 2.45. The van der Waals surface area contributed by atoms with Gasteiger partial charge in [0.1, 0.15) is 0 Å². The predicted octanol–water partition coefficient (Wildman–Crippen LogP) is 1.38. The topological polar surface area (TPSA) is 83.7 Å². The second-order valence-electron chi connectivity index (χ2n) is 7.20. The van der Waals surface area contributed by atoms with Gasteiger partial charge in [-0.25, -0.2) is 8.42 Å². The summed E-state index contributed by atoms with van der Waals surface area (Å²) in [5.74, 6) is 0.616. The molecule has 0 radical (unpaired) electrons. The third-order valence-electron chi connectivity index (χ3n) is 5.85. The molecule has 6 nitrogen and oxygen atoms in total. The first kappa shape index (κ1) is 18.6. The number of fused-ring (bicyclic) bond motifs is 2. The molecule has 8 heteroatoms. The van der Waals surface area contributed by atoms with Crippen molar-refractivity contribution in [2.45, 2.75) is 37.1 Å². The van der Waals surface area contributed by atoms with Crippen molar-refractivity contribution in [2.24, 2.45) is 17.6 Å². The molecule has 2 N–H and O–H groups in total. The average molecular weight is 386 g/mol. The van der Waals surface area contributed by atoms with E-state index in [-0.39, 0.29) is 35.2 Å². The van der Waals surface area contributed by atoms with Crippen molar-refractivity contribution in [3.8, 4) is 0 Å². The Hall–Kier alpha value is -1.15. The van der Waals surface area contributed by atoms with E-state index in [1.807, 2.05) is 6.07 Å². The van der Waals surface area contributed by atoms with E-state index < -0.39 is 10.0 Å². The fraction of sp³-hybridized carbons (Fsp3) is 0.588. The van der Waals surface area contributed by atoms with Crippen molar-refractivity contribution >= 4 is 34.0 Å². The van der Waals surface area contributed by atoms with Crippen LogP contribution >= 0.6 is 12.4 Å². The molecule has 1 aromatic rings. The Labute approximate surface area is 154 Å². The maximum Gasteiger partial charge on any atom is 0.243 e. The lowest BCUT2D eigenvalue weighted by molar-refractivity contribution is -0.116. The fourth-order valence-electron chi connectivity index (χ4n) is 4.46. The zero-order valence-corrected chi connectivity index (χ0v) is 15.9. The van der Waals surface area contributed by atoms with Gasteiger partial charge in [-0.3, -0.25) is 4.79 Å². The Morgan fingerprint density at radius 3 is 2.68 bits per heavy atom. The van der Waals surface area contributed by atoms with Crippen molar-refractivity contribution < 1.29 is 13.2 Å². The maximum atomic E-state index is 13.0. The molecule has 2 heterocycles. The van der Waals surface area contributed by atoms with Gasteiger partial charge in [-0.05, 0) is 48.8 Å². The number of carbonyl (C=O) groups excluding carboxylic acids is 1. The summed E-state index contributed by atoms with van der Waals surface area (Å²) in [6.45, 7) is 3.21. The summed E-state index contributed by atoms with van der Waals surface area (Å²) in [5, 5.41) is 0. The minimum absolute atomic E-state index is 0. The number of amides is 1.